The van der Waals surface area contributed by atoms with Gasteiger partial charge in [0, 0.05) is 98.8 Å². The minimum atomic E-state index is -6.12. The number of nitrogens with one attached hydrogen (secondary N) is 2. The largest absolute Gasteiger partial charge is 0.501 e. The summed E-state index contributed by atoms with van der Waals surface area (Å²) in [5, 5.41) is 2.27. The van der Waals surface area contributed by atoms with Crippen LogP contribution < -0.4 is 14.9 Å². The van der Waals surface area contributed by atoms with Crippen molar-refractivity contribution >= 4 is 59.0 Å². The molecular formula is C56H77F5N6O8S4. The van der Waals surface area contributed by atoms with Crippen LogP contribution in [0.2, 0.25) is 0 Å². The maximum Gasteiger partial charge on any atom is 0.501 e. The van der Waals surface area contributed by atoms with Gasteiger partial charge in [-0.25, -0.2) is 30.3 Å². The summed E-state index contributed by atoms with van der Waals surface area (Å²) in [6.07, 6.45) is 7.89. The molecule has 0 radical (unpaired) electrons. The summed E-state index contributed by atoms with van der Waals surface area (Å²) in [5.74, 6) is -0.720. The maximum atomic E-state index is 14.4. The van der Waals surface area contributed by atoms with Crippen LogP contribution >= 0.6 is 11.8 Å². The first-order valence-corrected chi connectivity index (χ1v) is 33.1. The lowest BCUT2D eigenvalue weighted by atomic mass is 9.32. The van der Waals surface area contributed by atoms with Crippen molar-refractivity contribution in [1.82, 2.24) is 19.4 Å². The van der Waals surface area contributed by atoms with Crippen LogP contribution in [0.5, 0.6) is 0 Å². The molecule has 4 aliphatic carbocycles. The molecule has 3 N–H and O–H groups in total. The zero-order valence-electron chi connectivity index (χ0n) is 45.5. The van der Waals surface area contributed by atoms with E-state index in [-0.39, 0.29) is 16.4 Å². The van der Waals surface area contributed by atoms with Crippen molar-refractivity contribution < 1.29 is 56.6 Å². The second kappa shape index (κ2) is 24.9. The van der Waals surface area contributed by atoms with E-state index in [2.05, 4.69) is 38.8 Å². The highest BCUT2D eigenvalue weighted by Gasteiger charge is 2.73. The van der Waals surface area contributed by atoms with Crippen LogP contribution in [0.4, 0.5) is 33.3 Å². The van der Waals surface area contributed by atoms with Gasteiger partial charge in [0.15, 0.2) is 0 Å². The smallest absolute Gasteiger partial charge is 0.380 e. The summed E-state index contributed by atoms with van der Waals surface area (Å²) in [4.78, 5) is 21.4. The van der Waals surface area contributed by atoms with Gasteiger partial charge in [0.25, 0.3) is 35.9 Å². The fourth-order valence-corrected chi connectivity index (χ4v) is 15.8. The van der Waals surface area contributed by atoms with Gasteiger partial charge in [-0.3, -0.25) is 14.2 Å². The maximum absolute atomic E-state index is 14.4. The van der Waals surface area contributed by atoms with Crippen molar-refractivity contribution in [3.8, 4) is 0 Å². The van der Waals surface area contributed by atoms with E-state index in [1.807, 2.05) is 35.1 Å². The van der Waals surface area contributed by atoms with E-state index in [4.69, 9.17) is 4.55 Å². The van der Waals surface area contributed by atoms with Gasteiger partial charge in [0.05, 0.1) is 15.8 Å². The van der Waals surface area contributed by atoms with E-state index < -0.39 is 80.0 Å². The third-order valence-electron chi connectivity index (χ3n) is 17.1. The molecule has 3 aromatic rings. The molecule has 23 heteroatoms. The van der Waals surface area contributed by atoms with Crippen molar-refractivity contribution in [3.63, 3.8) is 0 Å². The molecule has 1 amide bonds. The third kappa shape index (κ3) is 15.1. The number of allylic oxidation sites excluding steroid dienone is 1. The lowest BCUT2D eigenvalue weighted by Crippen LogP contribution is -2.66. The van der Waals surface area contributed by atoms with E-state index in [1.165, 1.54) is 42.0 Å². The zero-order chi connectivity index (χ0) is 57.0. The van der Waals surface area contributed by atoms with E-state index in [0.717, 1.165) is 126 Å². The van der Waals surface area contributed by atoms with Crippen molar-refractivity contribution in [2.45, 2.75) is 142 Å². The molecule has 2 aliphatic heterocycles. The Labute approximate surface area is 468 Å². The molecule has 2 heterocycles. The Balaban J connectivity index is 0.864. The summed E-state index contributed by atoms with van der Waals surface area (Å²) in [6.45, 7) is 14.3. The number of halogens is 5. The number of rotatable bonds is 26. The molecule has 14 nitrogen and oxygen atoms in total. The number of sulfone groups is 1. The number of carbonyl (C=O) groups excluding carboxylic acids is 1. The number of unbranched alkanes of at least 4 members (excludes halogenated alkanes) is 4. The molecule has 3 aromatic carbocycles. The van der Waals surface area contributed by atoms with Gasteiger partial charge in [-0.1, -0.05) is 68.9 Å². The van der Waals surface area contributed by atoms with Crippen LogP contribution in [0.15, 0.2) is 98.6 Å². The molecule has 5 fully saturated rings. The molecule has 9 rings (SSSR count). The van der Waals surface area contributed by atoms with Gasteiger partial charge in [-0.05, 0) is 137 Å². The topological polar surface area (TPSA) is 177 Å². The number of nitrogens with zero attached hydrogens (tertiary/aromatic N) is 4. The van der Waals surface area contributed by atoms with E-state index in [1.54, 1.807) is 12.1 Å². The number of alkyl halides is 5. The predicted molar refractivity (Wildman–Crippen MR) is 300 cm³/mol. The number of benzene rings is 3. The Morgan fingerprint density at radius 3 is 1.99 bits per heavy atom. The van der Waals surface area contributed by atoms with Crippen molar-refractivity contribution in [2.24, 2.45) is 16.2 Å². The lowest BCUT2D eigenvalue weighted by Gasteiger charge is -2.72. The van der Waals surface area contributed by atoms with Gasteiger partial charge in [-0.15, -0.1) is 11.8 Å². The summed E-state index contributed by atoms with van der Waals surface area (Å²) in [5.41, 5.74) is -3.32. The number of anilines is 2. The molecule has 2 bridgehead atoms. The zero-order valence-corrected chi connectivity index (χ0v) is 48.7. The molecule has 2 atom stereocenters. The first-order valence-electron chi connectivity index (χ1n) is 27.6. The second-order valence-electron chi connectivity index (χ2n) is 23.6. The van der Waals surface area contributed by atoms with Crippen molar-refractivity contribution in [1.29, 1.82) is 0 Å². The number of amides is 1. The molecule has 2 saturated heterocycles. The fraction of sp³-hybridized carbons (Fsp3) is 0.625. The molecule has 0 spiro atoms. The highest BCUT2D eigenvalue weighted by molar-refractivity contribution is 7.99. The lowest BCUT2D eigenvalue weighted by molar-refractivity contribution is -0.250. The summed E-state index contributed by atoms with van der Waals surface area (Å²) in [6, 6.07) is 17.5. The Hall–Kier alpha value is -3.84. The van der Waals surface area contributed by atoms with Crippen LogP contribution in [0.1, 0.15) is 115 Å². The fourth-order valence-electron chi connectivity index (χ4n) is 12.3. The molecule has 0 aromatic heterocycles. The molecule has 79 heavy (non-hydrogen) atoms. The van der Waals surface area contributed by atoms with Crippen molar-refractivity contribution in [3.05, 3.63) is 89.5 Å². The molecule has 6 aliphatic rings. The minimum Gasteiger partial charge on any atom is -0.380 e. The Kier molecular flexibility index (Phi) is 19.3. The number of piperazine rings is 2. The number of hydrogen-bond acceptors (Lipinski definition) is 13. The van der Waals surface area contributed by atoms with Crippen LogP contribution in [0.3, 0.4) is 0 Å². The van der Waals surface area contributed by atoms with Crippen LogP contribution in [0.25, 0.3) is 0 Å². The van der Waals surface area contributed by atoms with Gasteiger partial charge in [0.2, 0.25) is 6.43 Å². The quantitative estimate of drug-likeness (QED) is 0.0227. The normalized spacial score (nSPS) is 23.2. The SMILES string of the molecule is CC(CCCCCCCN1CCN(CC[C@H](CSc2ccccc2)Nc2ccc(S(=O)(=O)NC(=O)c3ccc(N4CCN(CC5=C(C67CC(C(F)F)(C6)C7)CC(C)(C)CC5)CC4)cc3)cc2S(=O)(=O)C(F)(F)F)CC1)S(=O)(=O)O. The van der Waals surface area contributed by atoms with Gasteiger partial charge in [-0.2, -0.15) is 21.6 Å². The second-order valence-corrected chi connectivity index (χ2v) is 30.1. The molecule has 438 valence electrons. The average Bonchev–Trinajstić information content (AvgIpc) is 3.05. The Morgan fingerprint density at radius 1 is 0.759 bits per heavy atom. The Bertz CT molecular complexity index is 2950. The number of sulfonamides is 1. The number of carbonyl (C=O) groups is 1. The molecule has 3 saturated carbocycles. The van der Waals surface area contributed by atoms with Crippen molar-refractivity contribution in [2.75, 3.05) is 88.0 Å². The first-order chi connectivity index (χ1) is 37.2. The minimum absolute atomic E-state index is 0.0368. The monoisotopic (exact) mass is 1180 g/mol. The van der Waals surface area contributed by atoms with E-state index >= 15 is 0 Å². The standard InChI is InChI=1S/C56H77F5N6O8S4/c1-41(79(73,74)75)12-8-5-4-6-11-24-64-26-28-65(29-27-64)25-22-44(37-76-46-13-9-7-10-14-46)62-49-20-19-47(34-50(49)77(69,70)56(59,60)61)78(71,72)63-51(68)42-15-17-45(18-16-42)67-32-30-66(31-33-67)36-43-21-23-53(2,3)35-48(43)54-38-55(39-54,40-54)52(57)58/h7,9-10,13-20,34,41,44,52,62H,4-6,8,11-12,21-33,35-40H2,1-3H3,(H,63,68)(H,73,74,75)/t41?,44-,54?,55?/m1/s1. The molecule has 1 unspecified atom stereocenters. The third-order valence-corrected chi connectivity index (χ3v) is 22.4. The van der Waals surface area contributed by atoms with Gasteiger partial charge >= 0.3 is 5.51 Å². The van der Waals surface area contributed by atoms with Gasteiger partial charge in [0.1, 0.15) is 4.90 Å². The number of thioether (sulfide) groups is 1. The summed E-state index contributed by atoms with van der Waals surface area (Å²) >= 11 is 1.44. The average molecular weight is 1190 g/mol. The van der Waals surface area contributed by atoms with E-state index in [0.29, 0.717) is 63.6 Å². The summed E-state index contributed by atoms with van der Waals surface area (Å²) < 4.78 is 158. The molecular weight excluding hydrogens is 1110 g/mol. The predicted octanol–water partition coefficient (Wildman–Crippen LogP) is 10.4. The van der Waals surface area contributed by atoms with E-state index in [9.17, 15) is 52.0 Å². The van der Waals surface area contributed by atoms with Crippen LogP contribution in [-0.4, -0.2) is 151 Å². The van der Waals surface area contributed by atoms with Crippen LogP contribution in [0, 0.1) is 16.2 Å². The summed E-state index contributed by atoms with van der Waals surface area (Å²) in [7, 11) is -15.0. The first kappa shape index (κ1) is 61.2. The van der Waals surface area contributed by atoms with Gasteiger partial charge < -0.3 is 20.0 Å². The Morgan fingerprint density at radius 2 is 1.37 bits per heavy atom. The highest BCUT2D eigenvalue weighted by Crippen LogP contribution is 2.79. The van der Waals surface area contributed by atoms with Crippen LogP contribution in [-0.2, 0) is 30.0 Å². The number of hydrogen-bond donors (Lipinski definition) is 3. The highest BCUT2D eigenvalue weighted by atomic mass is 32.2.